The highest BCUT2D eigenvalue weighted by Crippen LogP contribution is 2.41. The molecule has 23 heavy (non-hydrogen) atoms. The Balaban J connectivity index is 2.43. The van der Waals surface area contributed by atoms with E-state index in [1.54, 1.807) is 26.2 Å². The minimum atomic E-state index is -1.16. The summed E-state index contributed by atoms with van der Waals surface area (Å²) in [6, 6.07) is 3.42. The van der Waals surface area contributed by atoms with Gasteiger partial charge in [0.15, 0.2) is 17.1 Å². The van der Waals surface area contributed by atoms with Gasteiger partial charge in [0.05, 0.1) is 14.2 Å². The third-order valence-corrected chi connectivity index (χ3v) is 4.32. The van der Waals surface area contributed by atoms with E-state index in [0.717, 1.165) is 5.56 Å². The number of carbonyl (C=O) groups excluding carboxylic acids is 2. The summed E-state index contributed by atoms with van der Waals surface area (Å²) in [6.07, 6.45) is 1.55. The Morgan fingerprint density at radius 2 is 1.91 bits per heavy atom. The standard InChI is InChI=1S/C17H21ClO5/c1-4-15(19)23-17(6-5-7-18)10-11-8-13(21-2)14(22-3)9-12(11)16(17)20/h8-9H,4-7,10H2,1-3H3. The maximum atomic E-state index is 12.9. The van der Waals surface area contributed by atoms with Crippen molar-refractivity contribution in [1.82, 2.24) is 0 Å². The second-order valence-electron chi connectivity index (χ2n) is 5.48. The van der Waals surface area contributed by atoms with Crippen molar-refractivity contribution in [2.45, 2.75) is 38.2 Å². The summed E-state index contributed by atoms with van der Waals surface area (Å²) < 4.78 is 16.1. The van der Waals surface area contributed by atoms with E-state index in [1.807, 2.05) is 0 Å². The Labute approximate surface area is 140 Å². The molecular weight excluding hydrogens is 320 g/mol. The smallest absolute Gasteiger partial charge is 0.306 e. The number of esters is 1. The summed E-state index contributed by atoms with van der Waals surface area (Å²) >= 11 is 5.77. The van der Waals surface area contributed by atoms with Crippen LogP contribution in [-0.2, 0) is 16.0 Å². The number of benzene rings is 1. The molecule has 1 unspecified atom stereocenters. The zero-order valence-corrected chi connectivity index (χ0v) is 14.4. The Bertz CT molecular complexity index is 613. The summed E-state index contributed by atoms with van der Waals surface area (Å²) in [4.78, 5) is 24.7. The Hall–Kier alpha value is -1.75. The first-order chi connectivity index (χ1) is 11.0. The zero-order valence-electron chi connectivity index (χ0n) is 13.6. The van der Waals surface area contributed by atoms with Crippen molar-refractivity contribution < 1.29 is 23.8 Å². The van der Waals surface area contributed by atoms with Crippen molar-refractivity contribution in [3.05, 3.63) is 23.3 Å². The predicted molar refractivity (Wildman–Crippen MR) is 86.6 cm³/mol. The van der Waals surface area contributed by atoms with Crippen LogP contribution in [0.25, 0.3) is 0 Å². The molecule has 5 nitrogen and oxygen atoms in total. The van der Waals surface area contributed by atoms with Crippen LogP contribution < -0.4 is 9.47 Å². The lowest BCUT2D eigenvalue weighted by Crippen LogP contribution is -2.41. The van der Waals surface area contributed by atoms with Crippen molar-refractivity contribution in [1.29, 1.82) is 0 Å². The minimum absolute atomic E-state index is 0.194. The Morgan fingerprint density at radius 1 is 1.26 bits per heavy atom. The average Bonchev–Trinajstić information content (AvgIpc) is 2.83. The van der Waals surface area contributed by atoms with Crippen LogP contribution in [0.15, 0.2) is 12.1 Å². The third kappa shape index (κ3) is 3.29. The second kappa shape index (κ2) is 7.21. The maximum absolute atomic E-state index is 12.9. The monoisotopic (exact) mass is 340 g/mol. The highest BCUT2D eigenvalue weighted by atomic mass is 35.5. The first-order valence-corrected chi connectivity index (χ1v) is 8.12. The van der Waals surface area contributed by atoms with E-state index in [0.29, 0.717) is 42.2 Å². The van der Waals surface area contributed by atoms with Gasteiger partial charge in [-0.15, -0.1) is 11.6 Å². The fraction of sp³-hybridized carbons (Fsp3) is 0.529. The number of rotatable bonds is 7. The number of alkyl halides is 1. The van der Waals surface area contributed by atoms with E-state index in [1.165, 1.54) is 7.11 Å². The molecule has 1 aromatic carbocycles. The van der Waals surface area contributed by atoms with Crippen LogP contribution in [0.3, 0.4) is 0 Å². The summed E-state index contributed by atoms with van der Waals surface area (Å²) in [6.45, 7) is 1.70. The molecule has 0 heterocycles. The molecule has 0 aromatic heterocycles. The minimum Gasteiger partial charge on any atom is -0.493 e. The van der Waals surface area contributed by atoms with Gasteiger partial charge in [0.2, 0.25) is 5.78 Å². The number of Topliss-reactive ketones (excluding diaryl/α,β-unsaturated/α-hetero) is 1. The zero-order chi connectivity index (χ0) is 17.0. The molecule has 0 N–H and O–H groups in total. The topological polar surface area (TPSA) is 61.8 Å². The molecule has 0 saturated heterocycles. The molecule has 1 aliphatic carbocycles. The number of hydrogen-bond acceptors (Lipinski definition) is 5. The fourth-order valence-corrected chi connectivity index (χ4v) is 3.02. The molecular formula is C17H21ClO5. The molecule has 0 bridgehead atoms. The van der Waals surface area contributed by atoms with Gasteiger partial charge in [-0.2, -0.15) is 0 Å². The molecule has 1 atom stereocenters. The van der Waals surface area contributed by atoms with E-state index in [4.69, 9.17) is 25.8 Å². The number of ether oxygens (including phenoxy) is 3. The van der Waals surface area contributed by atoms with Crippen molar-refractivity contribution >= 4 is 23.4 Å². The summed E-state index contributed by atoms with van der Waals surface area (Å²) in [7, 11) is 3.06. The molecule has 1 aliphatic rings. The number of halogens is 1. The van der Waals surface area contributed by atoms with Gasteiger partial charge in [-0.1, -0.05) is 6.92 Å². The number of carbonyl (C=O) groups is 2. The SMILES string of the molecule is CCC(=O)OC1(CCCCl)Cc2cc(OC)c(OC)cc2C1=O. The van der Waals surface area contributed by atoms with E-state index in [-0.39, 0.29) is 18.2 Å². The van der Waals surface area contributed by atoms with Crippen LogP contribution in [0.2, 0.25) is 0 Å². The molecule has 0 aliphatic heterocycles. The molecule has 0 saturated carbocycles. The molecule has 6 heteroatoms. The molecule has 126 valence electrons. The van der Waals surface area contributed by atoms with Gasteiger partial charge in [0.25, 0.3) is 0 Å². The van der Waals surface area contributed by atoms with Crippen LogP contribution in [0.5, 0.6) is 11.5 Å². The van der Waals surface area contributed by atoms with Crippen molar-refractivity contribution in [2.75, 3.05) is 20.1 Å². The lowest BCUT2D eigenvalue weighted by atomic mass is 9.93. The molecule has 0 radical (unpaired) electrons. The van der Waals surface area contributed by atoms with Gasteiger partial charge in [-0.05, 0) is 30.5 Å². The van der Waals surface area contributed by atoms with E-state index in [9.17, 15) is 9.59 Å². The van der Waals surface area contributed by atoms with Crippen molar-refractivity contribution in [3.63, 3.8) is 0 Å². The van der Waals surface area contributed by atoms with Crippen molar-refractivity contribution in [3.8, 4) is 11.5 Å². The summed E-state index contributed by atoms with van der Waals surface area (Å²) in [5.74, 6) is 0.852. The first-order valence-electron chi connectivity index (χ1n) is 7.58. The van der Waals surface area contributed by atoms with Gasteiger partial charge in [-0.3, -0.25) is 9.59 Å². The fourth-order valence-electron chi connectivity index (χ4n) is 2.89. The molecule has 2 rings (SSSR count). The normalized spacial score (nSPS) is 19.4. The number of hydrogen-bond donors (Lipinski definition) is 0. The lowest BCUT2D eigenvalue weighted by molar-refractivity contribution is -0.155. The van der Waals surface area contributed by atoms with Crippen LogP contribution in [-0.4, -0.2) is 37.5 Å². The van der Waals surface area contributed by atoms with Gasteiger partial charge in [0, 0.05) is 24.3 Å². The van der Waals surface area contributed by atoms with Crippen LogP contribution >= 0.6 is 11.6 Å². The number of fused-ring (bicyclic) bond motifs is 1. The lowest BCUT2D eigenvalue weighted by Gasteiger charge is -2.27. The van der Waals surface area contributed by atoms with E-state index in [2.05, 4.69) is 0 Å². The largest absolute Gasteiger partial charge is 0.493 e. The molecule has 0 spiro atoms. The van der Waals surface area contributed by atoms with Crippen LogP contribution in [0.1, 0.15) is 42.1 Å². The summed E-state index contributed by atoms with van der Waals surface area (Å²) in [5, 5.41) is 0. The molecule has 0 amide bonds. The third-order valence-electron chi connectivity index (χ3n) is 4.06. The maximum Gasteiger partial charge on any atom is 0.306 e. The quantitative estimate of drug-likeness (QED) is 0.563. The first kappa shape index (κ1) is 17.6. The summed E-state index contributed by atoms with van der Waals surface area (Å²) in [5.41, 5.74) is 0.147. The molecule has 0 fully saturated rings. The predicted octanol–water partition coefficient (Wildman–Crippen LogP) is 3.15. The van der Waals surface area contributed by atoms with E-state index < -0.39 is 5.60 Å². The van der Waals surface area contributed by atoms with Gasteiger partial charge in [0.1, 0.15) is 0 Å². The molecule has 1 aromatic rings. The van der Waals surface area contributed by atoms with Gasteiger partial charge >= 0.3 is 5.97 Å². The Kier molecular flexibility index (Phi) is 5.52. The van der Waals surface area contributed by atoms with Crippen LogP contribution in [0, 0.1) is 0 Å². The van der Waals surface area contributed by atoms with Gasteiger partial charge < -0.3 is 14.2 Å². The van der Waals surface area contributed by atoms with Gasteiger partial charge in [-0.25, -0.2) is 0 Å². The van der Waals surface area contributed by atoms with E-state index >= 15 is 0 Å². The highest BCUT2D eigenvalue weighted by molar-refractivity contribution is 6.17. The average molecular weight is 341 g/mol. The van der Waals surface area contributed by atoms with Crippen LogP contribution in [0.4, 0.5) is 0 Å². The number of methoxy groups -OCH3 is 2. The highest BCUT2D eigenvalue weighted by Gasteiger charge is 2.48. The van der Waals surface area contributed by atoms with Crippen molar-refractivity contribution in [2.24, 2.45) is 0 Å². The number of ketones is 1. The second-order valence-corrected chi connectivity index (χ2v) is 5.86. The Morgan fingerprint density at radius 3 is 2.48 bits per heavy atom.